The molecule has 19 aromatic rings. The fourth-order valence-electron chi connectivity index (χ4n) is 15.5. The zero-order valence-corrected chi connectivity index (χ0v) is 54.4. The summed E-state index contributed by atoms with van der Waals surface area (Å²) in [5.41, 5.74) is 24.5. The Morgan fingerprint density at radius 3 is 0.827 bits per heavy atom. The maximum atomic E-state index is 6.04. The predicted octanol–water partition coefficient (Wildman–Crippen LogP) is 22.9. The van der Waals surface area contributed by atoms with Crippen molar-refractivity contribution in [2.75, 3.05) is 0 Å². The molecule has 462 valence electrons. The SMILES string of the molecule is Cc1ccc2c(c1)c1ccccc1n2-c1c(-c2cc(-c3ccccc3)nc(-c3ccccc3)c2)c(-n2c3ccccc3c3cc(C)ccc32)c(-n2c3ccccc3c3cc(C)ccc32)c(-n2c3ccccc3c3cc(C)ccc32)c1-c1nc(-c2ccccc2)nc(-c2ccccc2)n1. The normalized spacial score (nSPS) is 11.9. The number of para-hydroxylation sites is 4. The van der Waals surface area contributed by atoms with Crippen molar-refractivity contribution in [2.24, 2.45) is 0 Å². The average molecular weight is 1260 g/mol. The van der Waals surface area contributed by atoms with Crippen LogP contribution in [0.2, 0.25) is 0 Å². The Kier molecular flexibility index (Phi) is 13.0. The standard InChI is InChI=1S/C90H62N8/c1-55-41-45-78-68(49-55)64-33-17-21-37-74(64)95(78)84-82(63-53-72(59-25-9-5-10-26-59)91-73(54-63)60-27-11-6-12-28-60)85(96-75-38-22-18-34-65(75)69-50-56(2)42-46-79(69)96)87(98-77-40-24-20-36-67(77)71-52-58(4)44-48-81(71)98)86(97-76-39-23-19-35-66(76)70-51-57(3)43-47-80(70)97)83(84)90-93-88(61-29-13-7-14-30-61)92-89(94-90)62-31-15-8-16-32-62/h5-54H,1-4H3. The van der Waals surface area contributed by atoms with E-state index in [2.05, 4.69) is 349 Å². The summed E-state index contributed by atoms with van der Waals surface area (Å²) < 4.78 is 10.3. The van der Waals surface area contributed by atoms with Gasteiger partial charge in [-0.05, 0) is 118 Å². The third kappa shape index (κ3) is 8.91. The lowest BCUT2D eigenvalue weighted by Crippen LogP contribution is -2.17. The summed E-state index contributed by atoms with van der Waals surface area (Å²) in [5, 5.41) is 9.02. The molecule has 0 aliphatic rings. The second kappa shape index (κ2) is 22.4. The molecular formula is C90H62N8. The summed E-state index contributed by atoms with van der Waals surface area (Å²) in [4.78, 5) is 23.3. The molecule has 6 aromatic heterocycles. The molecule has 0 unspecified atom stereocenters. The largest absolute Gasteiger partial charge is 0.308 e. The van der Waals surface area contributed by atoms with Crippen LogP contribution in [0.1, 0.15) is 22.3 Å². The van der Waals surface area contributed by atoms with E-state index in [1.807, 2.05) is 0 Å². The van der Waals surface area contributed by atoms with Crippen LogP contribution in [0, 0.1) is 27.7 Å². The van der Waals surface area contributed by atoms with E-state index in [1.54, 1.807) is 0 Å². The molecule has 98 heavy (non-hydrogen) atoms. The van der Waals surface area contributed by atoms with Gasteiger partial charge in [0.25, 0.3) is 0 Å². The van der Waals surface area contributed by atoms with Gasteiger partial charge in [0.05, 0.1) is 83.8 Å². The van der Waals surface area contributed by atoms with E-state index in [0.29, 0.717) is 17.5 Å². The van der Waals surface area contributed by atoms with Gasteiger partial charge in [-0.2, -0.15) is 0 Å². The van der Waals surface area contributed by atoms with Gasteiger partial charge in [-0.1, -0.05) is 241 Å². The number of pyridine rings is 1. The third-order valence-corrected chi connectivity index (χ3v) is 19.8. The highest BCUT2D eigenvalue weighted by atomic mass is 15.1. The first-order chi connectivity index (χ1) is 48.3. The highest BCUT2D eigenvalue weighted by molar-refractivity contribution is 6.19. The summed E-state index contributed by atoms with van der Waals surface area (Å²) in [7, 11) is 0. The molecule has 8 heteroatoms. The monoisotopic (exact) mass is 1250 g/mol. The molecule has 0 aliphatic carbocycles. The first-order valence-corrected chi connectivity index (χ1v) is 33.5. The number of hydrogen-bond acceptors (Lipinski definition) is 4. The zero-order chi connectivity index (χ0) is 65.3. The predicted molar refractivity (Wildman–Crippen MR) is 407 cm³/mol. The fourth-order valence-corrected chi connectivity index (χ4v) is 15.5. The number of aryl methyl sites for hydroxylation is 4. The number of fused-ring (bicyclic) bond motifs is 12. The van der Waals surface area contributed by atoms with Gasteiger partial charge in [0.1, 0.15) is 0 Å². The van der Waals surface area contributed by atoms with Gasteiger partial charge < -0.3 is 18.3 Å². The van der Waals surface area contributed by atoms with Crippen molar-refractivity contribution < 1.29 is 0 Å². The second-order valence-corrected chi connectivity index (χ2v) is 26.0. The van der Waals surface area contributed by atoms with Gasteiger partial charge in [0, 0.05) is 70.9 Å². The number of rotatable bonds is 10. The van der Waals surface area contributed by atoms with Crippen LogP contribution in [-0.4, -0.2) is 38.2 Å². The number of aromatic nitrogens is 8. The molecule has 13 aromatic carbocycles. The molecule has 0 saturated heterocycles. The minimum Gasteiger partial charge on any atom is -0.308 e. The van der Waals surface area contributed by atoms with Crippen LogP contribution in [0.5, 0.6) is 0 Å². The van der Waals surface area contributed by atoms with Crippen molar-refractivity contribution in [3.05, 3.63) is 326 Å². The lowest BCUT2D eigenvalue weighted by atomic mass is 9.90. The first kappa shape index (κ1) is 56.7. The summed E-state index contributed by atoms with van der Waals surface area (Å²) in [6.45, 7) is 8.80. The summed E-state index contributed by atoms with van der Waals surface area (Å²) in [5.74, 6) is 1.57. The van der Waals surface area contributed by atoms with E-state index in [1.165, 1.54) is 11.1 Å². The van der Waals surface area contributed by atoms with Gasteiger partial charge in [-0.3, -0.25) is 0 Å². The van der Waals surface area contributed by atoms with Crippen molar-refractivity contribution >= 4 is 87.2 Å². The topological polar surface area (TPSA) is 71.3 Å². The molecule has 0 amide bonds. The van der Waals surface area contributed by atoms with Gasteiger partial charge in [-0.15, -0.1) is 0 Å². The van der Waals surface area contributed by atoms with Crippen molar-refractivity contribution in [1.29, 1.82) is 0 Å². The lowest BCUT2D eigenvalue weighted by molar-refractivity contribution is 1.02. The van der Waals surface area contributed by atoms with Crippen LogP contribution in [0.25, 0.3) is 178 Å². The highest BCUT2D eigenvalue weighted by Crippen LogP contribution is 2.55. The van der Waals surface area contributed by atoms with Crippen molar-refractivity contribution in [1.82, 2.24) is 38.2 Å². The maximum Gasteiger partial charge on any atom is 0.168 e. The van der Waals surface area contributed by atoms with Crippen molar-refractivity contribution in [2.45, 2.75) is 27.7 Å². The van der Waals surface area contributed by atoms with Gasteiger partial charge >= 0.3 is 0 Å². The van der Waals surface area contributed by atoms with Crippen LogP contribution in [0.3, 0.4) is 0 Å². The maximum absolute atomic E-state index is 6.04. The molecule has 0 bridgehead atoms. The van der Waals surface area contributed by atoms with Crippen LogP contribution in [0.4, 0.5) is 0 Å². The second-order valence-electron chi connectivity index (χ2n) is 26.0. The molecule has 0 N–H and O–H groups in total. The number of hydrogen-bond donors (Lipinski definition) is 0. The Morgan fingerprint density at radius 2 is 0.469 bits per heavy atom. The molecule has 6 heterocycles. The highest BCUT2D eigenvalue weighted by Gasteiger charge is 2.37. The van der Waals surface area contributed by atoms with Crippen LogP contribution in [-0.2, 0) is 0 Å². The molecule has 0 fully saturated rings. The molecule has 0 aliphatic heterocycles. The van der Waals surface area contributed by atoms with E-state index in [-0.39, 0.29) is 0 Å². The van der Waals surface area contributed by atoms with E-state index >= 15 is 0 Å². The molecule has 19 rings (SSSR count). The molecule has 8 nitrogen and oxygen atoms in total. The van der Waals surface area contributed by atoms with E-state index < -0.39 is 0 Å². The Morgan fingerprint density at radius 1 is 0.194 bits per heavy atom. The fraction of sp³-hybridized carbons (Fsp3) is 0.0444. The molecule has 0 radical (unpaired) electrons. The molecule has 0 spiro atoms. The Bertz CT molecular complexity index is 6070. The minimum atomic E-state index is 0.489. The van der Waals surface area contributed by atoms with E-state index in [9.17, 15) is 0 Å². The molecule has 0 saturated carbocycles. The Labute approximate surface area is 565 Å². The Hall–Kier alpha value is -12.8. The minimum absolute atomic E-state index is 0.489. The average Bonchev–Trinajstić information content (AvgIpc) is 1.42. The summed E-state index contributed by atoms with van der Waals surface area (Å²) in [6, 6.07) is 110. The molecular weight excluding hydrogens is 1190 g/mol. The van der Waals surface area contributed by atoms with E-state index in [4.69, 9.17) is 19.9 Å². The number of nitrogens with zero attached hydrogens (tertiary/aromatic N) is 8. The smallest absolute Gasteiger partial charge is 0.168 e. The van der Waals surface area contributed by atoms with Gasteiger partial charge in [-0.25, -0.2) is 19.9 Å². The van der Waals surface area contributed by atoms with Gasteiger partial charge in [0.2, 0.25) is 0 Å². The quantitative estimate of drug-likeness (QED) is 0.137. The Balaban J connectivity index is 1.20. The number of benzene rings is 13. The first-order valence-electron chi connectivity index (χ1n) is 33.5. The summed E-state index contributed by atoms with van der Waals surface area (Å²) in [6.07, 6.45) is 0. The van der Waals surface area contributed by atoms with Crippen LogP contribution >= 0.6 is 0 Å². The van der Waals surface area contributed by atoms with Crippen molar-refractivity contribution in [3.63, 3.8) is 0 Å². The lowest BCUT2D eigenvalue weighted by Gasteiger charge is -2.31. The van der Waals surface area contributed by atoms with Gasteiger partial charge in [0.15, 0.2) is 17.5 Å². The summed E-state index contributed by atoms with van der Waals surface area (Å²) >= 11 is 0. The zero-order valence-electron chi connectivity index (χ0n) is 54.4. The van der Waals surface area contributed by atoms with E-state index in [0.717, 1.165) is 171 Å². The molecule has 0 atom stereocenters. The van der Waals surface area contributed by atoms with Crippen LogP contribution < -0.4 is 0 Å². The van der Waals surface area contributed by atoms with Crippen LogP contribution in [0.15, 0.2) is 303 Å². The third-order valence-electron chi connectivity index (χ3n) is 19.8. The van der Waals surface area contributed by atoms with Crippen molar-refractivity contribution in [3.8, 4) is 90.6 Å².